The van der Waals surface area contributed by atoms with E-state index < -0.39 is 0 Å². The average molecular weight is 159 g/mol. The Morgan fingerprint density at radius 2 is 1.92 bits per heavy atom. The normalized spacial score (nSPS) is 10.0. The minimum atomic E-state index is 0.707. The van der Waals surface area contributed by atoms with E-state index in [0.717, 1.165) is 11.8 Å². The van der Waals surface area contributed by atoms with Gasteiger partial charge in [-0.2, -0.15) is 0 Å². The molecule has 0 aliphatic rings. The molecule has 3 heteroatoms. The van der Waals surface area contributed by atoms with Crippen LogP contribution in [0.25, 0.3) is 6.08 Å². The highest BCUT2D eigenvalue weighted by Gasteiger charge is 1.88. The molecule has 0 amide bonds. The van der Waals surface area contributed by atoms with Gasteiger partial charge in [-0.15, -0.1) is 0 Å². The lowest BCUT2D eigenvalue weighted by atomic mass is 10.2. The molecule has 0 saturated heterocycles. The van der Waals surface area contributed by atoms with Gasteiger partial charge in [0.1, 0.15) is 6.29 Å². The zero-order chi connectivity index (χ0) is 8.81. The first-order chi connectivity index (χ1) is 5.86. The lowest BCUT2D eigenvalue weighted by molar-refractivity contribution is -0.104. The predicted molar refractivity (Wildman–Crippen MR) is 49.3 cm³/mol. The Hall–Kier alpha value is -1.51. The standard InChI is InChI=1S/C9H8BO2/c10-12-9-5-3-8(4-6-9)2-1-7-11/h1-7,10H. The number of benzene rings is 1. The van der Waals surface area contributed by atoms with E-state index in [-0.39, 0.29) is 0 Å². The van der Waals surface area contributed by atoms with Crippen LogP contribution in [0.2, 0.25) is 0 Å². The minimum Gasteiger partial charge on any atom is -0.567 e. The van der Waals surface area contributed by atoms with Crippen LogP contribution < -0.4 is 4.65 Å². The molecule has 0 unspecified atom stereocenters. The molecule has 59 valence electrons. The molecular weight excluding hydrogens is 151 g/mol. The maximum Gasteiger partial charge on any atom is 0.348 e. The molecular formula is C9H8BO2. The fraction of sp³-hybridized carbons (Fsp3) is 0. The van der Waals surface area contributed by atoms with E-state index in [1.807, 2.05) is 12.1 Å². The summed E-state index contributed by atoms with van der Waals surface area (Å²) in [6.45, 7) is 0. The largest absolute Gasteiger partial charge is 0.567 e. The first-order valence-electron chi connectivity index (χ1n) is 3.51. The van der Waals surface area contributed by atoms with Gasteiger partial charge in [0, 0.05) is 0 Å². The van der Waals surface area contributed by atoms with E-state index in [2.05, 4.69) is 8.05 Å². The van der Waals surface area contributed by atoms with Crippen LogP contribution in [0, 0.1) is 0 Å². The first kappa shape index (κ1) is 8.59. The van der Waals surface area contributed by atoms with Crippen molar-refractivity contribution >= 4 is 20.4 Å². The molecule has 1 aromatic rings. The highest BCUT2D eigenvalue weighted by atomic mass is 16.4. The number of aldehydes is 1. The topological polar surface area (TPSA) is 26.3 Å². The number of hydrogen-bond acceptors (Lipinski definition) is 2. The van der Waals surface area contributed by atoms with E-state index in [4.69, 9.17) is 4.65 Å². The van der Waals surface area contributed by atoms with E-state index in [9.17, 15) is 4.79 Å². The molecule has 0 bridgehead atoms. The van der Waals surface area contributed by atoms with Gasteiger partial charge < -0.3 is 4.65 Å². The van der Waals surface area contributed by atoms with Crippen molar-refractivity contribution in [2.24, 2.45) is 0 Å². The Kier molecular flexibility index (Phi) is 3.14. The number of allylic oxidation sites excluding steroid dienone is 1. The molecule has 0 N–H and O–H groups in total. The second-order valence-corrected chi connectivity index (χ2v) is 2.21. The van der Waals surface area contributed by atoms with Crippen molar-refractivity contribution < 1.29 is 9.45 Å². The van der Waals surface area contributed by atoms with Crippen molar-refractivity contribution in [3.63, 3.8) is 0 Å². The van der Waals surface area contributed by atoms with Crippen LogP contribution in [0.5, 0.6) is 5.75 Å². The maximum absolute atomic E-state index is 9.98. The molecule has 0 spiro atoms. The predicted octanol–water partition coefficient (Wildman–Crippen LogP) is 1.09. The quantitative estimate of drug-likeness (QED) is 0.375. The van der Waals surface area contributed by atoms with Crippen molar-refractivity contribution in [3.8, 4) is 5.75 Å². The highest BCUT2D eigenvalue weighted by Crippen LogP contribution is 2.11. The zero-order valence-electron chi connectivity index (χ0n) is 6.57. The Labute approximate surface area is 72.3 Å². The Morgan fingerprint density at radius 1 is 1.25 bits per heavy atom. The Bertz CT molecular complexity index is 277. The molecule has 0 aliphatic heterocycles. The van der Waals surface area contributed by atoms with Crippen molar-refractivity contribution in [2.75, 3.05) is 0 Å². The van der Waals surface area contributed by atoms with E-state index in [1.54, 1.807) is 18.2 Å². The van der Waals surface area contributed by atoms with Crippen LogP contribution in [0.1, 0.15) is 5.56 Å². The van der Waals surface area contributed by atoms with Gasteiger partial charge in [-0.3, -0.25) is 4.79 Å². The third-order valence-electron chi connectivity index (χ3n) is 1.41. The fourth-order valence-corrected chi connectivity index (χ4v) is 0.826. The summed E-state index contributed by atoms with van der Waals surface area (Å²) in [5.41, 5.74) is 0.961. The average Bonchev–Trinajstić information content (AvgIpc) is 2.15. The molecule has 0 heterocycles. The number of rotatable bonds is 3. The van der Waals surface area contributed by atoms with Crippen molar-refractivity contribution in [2.45, 2.75) is 0 Å². The number of carbonyl (C=O) groups is 1. The summed E-state index contributed by atoms with van der Waals surface area (Å²) in [4.78, 5) is 9.98. The van der Waals surface area contributed by atoms with Crippen molar-refractivity contribution in [1.29, 1.82) is 0 Å². The fourth-order valence-electron chi connectivity index (χ4n) is 0.826. The second kappa shape index (κ2) is 4.39. The molecule has 0 aliphatic carbocycles. The Balaban J connectivity index is 2.77. The van der Waals surface area contributed by atoms with Gasteiger partial charge >= 0.3 is 8.05 Å². The third-order valence-corrected chi connectivity index (χ3v) is 1.41. The van der Waals surface area contributed by atoms with Gasteiger partial charge in [0.05, 0.1) is 5.75 Å². The number of carbonyl (C=O) groups excluding carboxylic acids is 1. The van der Waals surface area contributed by atoms with Gasteiger partial charge in [-0.25, -0.2) is 0 Å². The van der Waals surface area contributed by atoms with Gasteiger partial charge in [-0.1, -0.05) is 18.2 Å². The molecule has 0 fully saturated rings. The molecule has 12 heavy (non-hydrogen) atoms. The monoisotopic (exact) mass is 159 g/mol. The van der Waals surface area contributed by atoms with Crippen molar-refractivity contribution in [3.05, 3.63) is 35.9 Å². The molecule has 1 rings (SSSR count). The smallest absolute Gasteiger partial charge is 0.348 e. The molecule has 0 saturated carbocycles. The lowest BCUT2D eigenvalue weighted by Gasteiger charge is -1.98. The van der Waals surface area contributed by atoms with Gasteiger partial charge in [0.2, 0.25) is 0 Å². The minimum absolute atomic E-state index is 0.707. The summed E-state index contributed by atoms with van der Waals surface area (Å²) < 4.78 is 4.73. The Morgan fingerprint density at radius 3 is 2.42 bits per heavy atom. The number of hydrogen-bond donors (Lipinski definition) is 0. The lowest BCUT2D eigenvalue weighted by Crippen LogP contribution is -1.83. The van der Waals surface area contributed by atoms with Crippen LogP contribution in [-0.4, -0.2) is 14.3 Å². The second-order valence-electron chi connectivity index (χ2n) is 2.21. The van der Waals surface area contributed by atoms with Crippen LogP contribution in [0.15, 0.2) is 30.3 Å². The van der Waals surface area contributed by atoms with E-state index in [1.165, 1.54) is 6.08 Å². The maximum atomic E-state index is 9.98. The van der Waals surface area contributed by atoms with Crippen molar-refractivity contribution in [1.82, 2.24) is 0 Å². The summed E-state index contributed by atoms with van der Waals surface area (Å²) in [5, 5.41) is 0. The molecule has 2 nitrogen and oxygen atoms in total. The molecule has 1 aromatic carbocycles. The summed E-state index contributed by atoms with van der Waals surface area (Å²) in [5.74, 6) is 0.707. The molecule has 1 radical (unpaired) electrons. The first-order valence-corrected chi connectivity index (χ1v) is 3.51. The van der Waals surface area contributed by atoms with E-state index >= 15 is 0 Å². The van der Waals surface area contributed by atoms with Crippen LogP contribution in [0.4, 0.5) is 0 Å². The van der Waals surface area contributed by atoms with Crippen LogP contribution >= 0.6 is 0 Å². The van der Waals surface area contributed by atoms with Gasteiger partial charge in [0.25, 0.3) is 0 Å². The van der Waals surface area contributed by atoms with Crippen LogP contribution in [-0.2, 0) is 4.79 Å². The highest BCUT2D eigenvalue weighted by molar-refractivity contribution is 5.99. The summed E-state index contributed by atoms with van der Waals surface area (Å²) in [7, 11) is 3.27. The van der Waals surface area contributed by atoms with E-state index in [0.29, 0.717) is 5.75 Å². The third kappa shape index (κ3) is 2.27. The SMILES string of the molecule is [BH]Oc1ccc(C=CC=O)cc1. The van der Waals surface area contributed by atoms with Crippen LogP contribution in [0.3, 0.4) is 0 Å². The molecule has 0 aromatic heterocycles. The summed E-state index contributed by atoms with van der Waals surface area (Å²) >= 11 is 0. The van der Waals surface area contributed by atoms with Gasteiger partial charge in [-0.05, 0) is 23.8 Å². The summed E-state index contributed by atoms with van der Waals surface area (Å²) in [6, 6.07) is 7.27. The molecule has 0 atom stereocenters. The zero-order valence-corrected chi connectivity index (χ0v) is 6.57. The van der Waals surface area contributed by atoms with Gasteiger partial charge in [0.15, 0.2) is 0 Å². The summed E-state index contributed by atoms with van der Waals surface area (Å²) in [6.07, 6.45) is 3.91.